The molecule has 0 aliphatic carbocycles. The Hall–Kier alpha value is -3.28. The molecule has 0 aliphatic rings. The Morgan fingerprint density at radius 3 is 2.69 bits per heavy atom. The van der Waals surface area contributed by atoms with Gasteiger partial charge in [0.05, 0.1) is 17.8 Å². The van der Waals surface area contributed by atoms with Gasteiger partial charge in [-0.05, 0) is 36.2 Å². The Morgan fingerprint density at radius 2 is 2.04 bits per heavy atom. The maximum absolute atomic E-state index is 10.9. The predicted octanol–water partition coefficient (Wildman–Crippen LogP) is 3.29. The lowest BCUT2D eigenvalue weighted by Gasteiger charge is -2.09. The van der Waals surface area contributed by atoms with E-state index in [1.165, 1.54) is 0 Å². The van der Waals surface area contributed by atoms with E-state index in [0.717, 1.165) is 22.4 Å². The summed E-state index contributed by atoms with van der Waals surface area (Å²) in [5.74, 6) is -0.324. The number of carboxylic acid groups (broad SMARTS) is 1. The van der Waals surface area contributed by atoms with E-state index in [9.17, 15) is 9.59 Å². The summed E-state index contributed by atoms with van der Waals surface area (Å²) in [5.41, 5.74) is 3.98. The molecule has 0 bridgehead atoms. The zero-order valence-electron chi connectivity index (χ0n) is 14.8. The molecule has 26 heavy (non-hydrogen) atoms. The molecule has 2 aromatic rings. The molecule has 1 heterocycles. The molecule has 0 atom stereocenters. The first-order valence-electron chi connectivity index (χ1n) is 8.29. The van der Waals surface area contributed by atoms with Crippen LogP contribution in [0.1, 0.15) is 31.5 Å². The second-order valence-electron chi connectivity index (χ2n) is 5.54. The number of nitrogens with one attached hydrogen (secondary N) is 1. The van der Waals surface area contributed by atoms with Crippen LogP contribution in [-0.2, 0) is 16.0 Å². The summed E-state index contributed by atoms with van der Waals surface area (Å²) in [6.07, 6.45) is 4.60. The third-order valence-electron chi connectivity index (χ3n) is 3.73. The zero-order chi connectivity index (χ0) is 18.9. The summed E-state index contributed by atoms with van der Waals surface area (Å²) in [7, 11) is 0. The molecule has 0 spiro atoms. The van der Waals surface area contributed by atoms with Gasteiger partial charge in [0, 0.05) is 18.2 Å². The molecule has 6 nitrogen and oxygen atoms in total. The molecular weight excluding hydrogens is 330 g/mol. The summed E-state index contributed by atoms with van der Waals surface area (Å²) in [6, 6.07) is 11.4. The molecule has 0 unspecified atom stereocenters. The van der Waals surface area contributed by atoms with Gasteiger partial charge in [-0.2, -0.15) is 0 Å². The van der Waals surface area contributed by atoms with Crippen molar-refractivity contribution in [3.8, 4) is 11.1 Å². The number of hydrogen-bond donors (Lipinski definition) is 2. The lowest BCUT2D eigenvalue weighted by Crippen LogP contribution is -2.20. The van der Waals surface area contributed by atoms with E-state index in [1.54, 1.807) is 12.3 Å². The number of benzene rings is 1. The number of aliphatic carboxylic acids is 1. The number of amides is 1. The van der Waals surface area contributed by atoms with Crippen LogP contribution in [0.4, 0.5) is 0 Å². The van der Waals surface area contributed by atoms with Gasteiger partial charge in [-0.1, -0.05) is 31.2 Å². The fourth-order valence-electron chi connectivity index (χ4n) is 2.49. The lowest BCUT2D eigenvalue weighted by molar-refractivity contribution is -0.136. The molecule has 134 valence electrons. The normalized spacial score (nSPS) is 11.9. The Morgan fingerprint density at radius 1 is 1.27 bits per heavy atom. The maximum atomic E-state index is 10.9. The van der Waals surface area contributed by atoms with Crippen LogP contribution in [0.15, 0.2) is 53.7 Å². The Balaban J connectivity index is 2.38. The molecule has 0 fully saturated rings. The van der Waals surface area contributed by atoms with E-state index >= 15 is 0 Å². The average Bonchev–Trinajstić information content (AvgIpc) is 2.65. The van der Waals surface area contributed by atoms with Crippen LogP contribution in [0, 0.1) is 0 Å². The molecule has 1 aromatic carbocycles. The highest BCUT2D eigenvalue weighted by Crippen LogP contribution is 2.25. The highest BCUT2D eigenvalue weighted by Gasteiger charge is 2.07. The van der Waals surface area contributed by atoms with Gasteiger partial charge in [-0.25, -0.2) is 4.99 Å². The minimum Gasteiger partial charge on any atom is -0.481 e. The number of carbonyl (C=O) groups excluding carboxylic acids is 1. The van der Waals surface area contributed by atoms with E-state index in [2.05, 4.69) is 15.3 Å². The van der Waals surface area contributed by atoms with Crippen LogP contribution in [0.25, 0.3) is 16.8 Å². The van der Waals surface area contributed by atoms with Crippen molar-refractivity contribution in [2.75, 3.05) is 0 Å². The standard InChI is InChI=1S/C20H21N3O3/c1-3-18(23-19(4-2)22-13-24)16-7-5-6-14(10-16)15-8-9-21-17(11-15)12-20(25)26/h3,5-11,13H,4,12H2,1-2H3,(H,25,26)(H,22,23,24)/b18-3-. The number of carbonyl (C=O) groups is 2. The number of pyridine rings is 1. The third kappa shape index (κ3) is 5.11. The van der Waals surface area contributed by atoms with Crippen molar-refractivity contribution < 1.29 is 14.7 Å². The van der Waals surface area contributed by atoms with E-state index in [1.807, 2.05) is 50.3 Å². The highest BCUT2D eigenvalue weighted by atomic mass is 16.4. The van der Waals surface area contributed by atoms with E-state index in [4.69, 9.17) is 5.11 Å². The maximum Gasteiger partial charge on any atom is 0.309 e. The van der Waals surface area contributed by atoms with E-state index in [0.29, 0.717) is 24.4 Å². The van der Waals surface area contributed by atoms with Gasteiger partial charge in [-0.3, -0.25) is 14.6 Å². The first-order valence-corrected chi connectivity index (χ1v) is 8.29. The van der Waals surface area contributed by atoms with Crippen molar-refractivity contribution in [2.45, 2.75) is 26.7 Å². The molecule has 6 heteroatoms. The Labute approximate surface area is 152 Å². The second-order valence-corrected chi connectivity index (χ2v) is 5.54. The van der Waals surface area contributed by atoms with Crippen LogP contribution in [0.5, 0.6) is 0 Å². The first kappa shape index (κ1) is 19.1. The predicted molar refractivity (Wildman–Crippen MR) is 102 cm³/mol. The second kappa shape index (κ2) is 9.27. The zero-order valence-corrected chi connectivity index (χ0v) is 14.8. The number of aromatic nitrogens is 1. The quantitative estimate of drug-likeness (QED) is 0.455. The summed E-state index contributed by atoms with van der Waals surface area (Å²) in [5, 5.41) is 11.5. The van der Waals surface area contributed by atoms with Crippen LogP contribution in [0.2, 0.25) is 0 Å². The van der Waals surface area contributed by atoms with Gasteiger partial charge < -0.3 is 10.4 Å². The van der Waals surface area contributed by atoms with Crippen molar-refractivity contribution in [3.05, 3.63) is 59.9 Å². The topological polar surface area (TPSA) is 91.7 Å². The molecular formula is C20H21N3O3. The largest absolute Gasteiger partial charge is 0.481 e. The number of allylic oxidation sites excluding steroid dienone is 1. The Kier molecular flexibility index (Phi) is 6.79. The number of rotatable bonds is 7. The minimum absolute atomic E-state index is 0.116. The van der Waals surface area contributed by atoms with Gasteiger partial charge >= 0.3 is 5.97 Å². The number of hydrogen-bond acceptors (Lipinski definition) is 4. The first-order chi connectivity index (χ1) is 12.6. The minimum atomic E-state index is -0.913. The Bertz CT molecular complexity index is 857. The van der Waals surface area contributed by atoms with Gasteiger partial charge in [0.2, 0.25) is 6.41 Å². The summed E-state index contributed by atoms with van der Waals surface area (Å²) >= 11 is 0. The summed E-state index contributed by atoms with van der Waals surface area (Å²) < 4.78 is 0. The van der Waals surface area contributed by atoms with Crippen molar-refractivity contribution in [2.24, 2.45) is 4.99 Å². The fourth-order valence-corrected chi connectivity index (χ4v) is 2.49. The molecule has 0 aliphatic heterocycles. The smallest absolute Gasteiger partial charge is 0.309 e. The third-order valence-corrected chi connectivity index (χ3v) is 3.73. The number of aliphatic imine (C=N–C) groups is 1. The van der Waals surface area contributed by atoms with Crippen molar-refractivity contribution in [1.82, 2.24) is 10.3 Å². The highest BCUT2D eigenvalue weighted by molar-refractivity contribution is 5.94. The van der Waals surface area contributed by atoms with E-state index in [-0.39, 0.29) is 6.42 Å². The van der Waals surface area contributed by atoms with Gasteiger partial charge in [0.15, 0.2) is 0 Å². The summed E-state index contributed by atoms with van der Waals surface area (Å²) in [4.78, 5) is 30.2. The van der Waals surface area contributed by atoms with Gasteiger partial charge in [-0.15, -0.1) is 0 Å². The van der Waals surface area contributed by atoms with Crippen molar-refractivity contribution >= 4 is 23.9 Å². The SMILES string of the molecule is C/C=C(\N=C(CC)NC=O)c1cccc(-c2ccnc(CC(=O)O)c2)c1. The van der Waals surface area contributed by atoms with Crippen LogP contribution in [-0.4, -0.2) is 28.3 Å². The monoisotopic (exact) mass is 351 g/mol. The molecule has 2 rings (SSSR count). The van der Waals surface area contributed by atoms with Crippen LogP contribution < -0.4 is 5.32 Å². The average molecular weight is 351 g/mol. The molecule has 0 radical (unpaired) electrons. The number of carboxylic acids is 1. The number of amidine groups is 1. The summed E-state index contributed by atoms with van der Waals surface area (Å²) in [6.45, 7) is 3.80. The van der Waals surface area contributed by atoms with Gasteiger partial charge in [0.1, 0.15) is 5.84 Å². The van der Waals surface area contributed by atoms with Crippen LogP contribution in [0.3, 0.4) is 0 Å². The molecule has 1 aromatic heterocycles. The number of nitrogens with zero attached hydrogens (tertiary/aromatic N) is 2. The van der Waals surface area contributed by atoms with Crippen molar-refractivity contribution in [1.29, 1.82) is 0 Å². The van der Waals surface area contributed by atoms with E-state index < -0.39 is 5.97 Å². The van der Waals surface area contributed by atoms with Gasteiger partial charge in [0.25, 0.3) is 0 Å². The lowest BCUT2D eigenvalue weighted by atomic mass is 10.0. The van der Waals surface area contributed by atoms with Crippen molar-refractivity contribution in [3.63, 3.8) is 0 Å². The fraction of sp³-hybridized carbons (Fsp3) is 0.200. The van der Waals surface area contributed by atoms with Crippen LogP contribution >= 0.6 is 0 Å². The molecule has 1 amide bonds. The molecule has 0 saturated carbocycles. The molecule has 0 saturated heterocycles. The molecule has 2 N–H and O–H groups in total.